The smallest absolute Gasteiger partial charge is 0.337 e. The summed E-state index contributed by atoms with van der Waals surface area (Å²) in [7, 11) is -2.07. The Kier molecular flexibility index (Phi) is 7.11. The second-order valence-electron chi connectivity index (χ2n) is 9.22. The molecule has 2 aromatic carbocycles. The Hall–Kier alpha value is -4.22. The van der Waals surface area contributed by atoms with Crippen molar-refractivity contribution in [1.29, 1.82) is 0 Å². The van der Waals surface area contributed by atoms with Crippen LogP contribution in [0.3, 0.4) is 0 Å². The summed E-state index contributed by atoms with van der Waals surface area (Å²) >= 11 is 5.85. The molecule has 1 saturated heterocycles. The van der Waals surface area contributed by atoms with Gasteiger partial charge in [-0.2, -0.15) is 0 Å². The maximum Gasteiger partial charge on any atom is 0.337 e. The number of anilines is 2. The van der Waals surface area contributed by atoms with Crippen LogP contribution < -0.4 is 14.9 Å². The zero-order chi connectivity index (χ0) is 27.7. The van der Waals surface area contributed by atoms with E-state index in [1.807, 2.05) is 77.2 Å². The van der Waals surface area contributed by atoms with Crippen molar-refractivity contribution >= 4 is 44.7 Å². The predicted molar refractivity (Wildman–Crippen MR) is 155 cm³/mol. The average molecular weight is 562 g/mol. The van der Waals surface area contributed by atoms with Gasteiger partial charge in [0.25, 0.3) is 0 Å². The lowest BCUT2D eigenvalue weighted by molar-refractivity contribution is 0.0600. The molecule has 2 N–H and O–H groups in total. The fraction of sp³-hybridized carbons (Fsp3) is 0.179. The molecule has 0 amide bonds. The van der Waals surface area contributed by atoms with Gasteiger partial charge in [0, 0.05) is 29.5 Å². The SMILES string of the molecule is COC(=O)c1cccc(-n2cccc2C2C(c3ccccn3)NC(=S)N2c2ccc(NS(C)(=O)=O)c(C)c2)c1. The fourth-order valence-electron chi connectivity index (χ4n) is 4.82. The van der Waals surface area contributed by atoms with Crippen molar-refractivity contribution in [2.45, 2.75) is 19.0 Å². The van der Waals surface area contributed by atoms with Crippen LogP contribution in [0.1, 0.15) is 39.4 Å². The van der Waals surface area contributed by atoms with Crippen molar-refractivity contribution in [2.75, 3.05) is 23.0 Å². The summed E-state index contributed by atoms with van der Waals surface area (Å²) in [5, 5.41) is 3.95. The molecule has 39 heavy (non-hydrogen) atoms. The molecule has 4 aromatic rings. The molecular weight excluding hydrogens is 534 g/mol. The number of carbonyl (C=O) groups is 1. The molecule has 0 bridgehead atoms. The highest BCUT2D eigenvalue weighted by atomic mass is 32.2. The van der Waals surface area contributed by atoms with Crippen LogP contribution in [-0.2, 0) is 14.8 Å². The second kappa shape index (κ2) is 10.5. The van der Waals surface area contributed by atoms with Crippen LogP contribution in [0.4, 0.5) is 11.4 Å². The number of nitrogens with zero attached hydrogens (tertiary/aromatic N) is 3. The number of methoxy groups -OCH3 is 1. The first-order valence-electron chi connectivity index (χ1n) is 12.1. The lowest BCUT2D eigenvalue weighted by Crippen LogP contribution is -2.30. The summed E-state index contributed by atoms with van der Waals surface area (Å²) in [6.45, 7) is 1.84. The number of thiocarbonyl (C=S) groups is 1. The Bertz CT molecular complexity index is 1650. The van der Waals surface area contributed by atoms with E-state index in [-0.39, 0.29) is 12.1 Å². The highest BCUT2D eigenvalue weighted by molar-refractivity contribution is 7.92. The number of pyridine rings is 1. The maximum absolute atomic E-state index is 12.2. The van der Waals surface area contributed by atoms with Crippen molar-refractivity contribution in [1.82, 2.24) is 14.9 Å². The summed E-state index contributed by atoms with van der Waals surface area (Å²) < 4.78 is 33.1. The molecular formula is C28H27N5O4S2. The minimum atomic E-state index is -3.43. The highest BCUT2D eigenvalue weighted by Crippen LogP contribution is 2.43. The van der Waals surface area contributed by atoms with Gasteiger partial charge < -0.3 is 19.5 Å². The third kappa shape index (κ3) is 5.36. The van der Waals surface area contributed by atoms with E-state index in [2.05, 4.69) is 15.0 Å². The quantitative estimate of drug-likeness (QED) is 0.251. The van der Waals surface area contributed by atoms with Gasteiger partial charge in [0.2, 0.25) is 10.0 Å². The Balaban J connectivity index is 1.63. The van der Waals surface area contributed by atoms with Gasteiger partial charge in [0.05, 0.1) is 36.4 Å². The Morgan fingerprint density at radius 2 is 1.87 bits per heavy atom. The second-order valence-corrected chi connectivity index (χ2v) is 11.4. The van der Waals surface area contributed by atoms with E-state index in [1.165, 1.54) is 7.11 Å². The molecule has 2 aromatic heterocycles. The van der Waals surface area contributed by atoms with Crippen LogP contribution in [-0.4, -0.2) is 42.4 Å². The zero-order valence-corrected chi connectivity index (χ0v) is 23.2. The number of sulfonamides is 1. The number of nitrogens with one attached hydrogen (secondary N) is 2. The van der Waals surface area contributed by atoms with Crippen LogP contribution in [0.25, 0.3) is 5.69 Å². The lowest BCUT2D eigenvalue weighted by atomic mass is 10.00. The summed E-state index contributed by atoms with van der Waals surface area (Å²) in [4.78, 5) is 18.8. The van der Waals surface area contributed by atoms with Gasteiger partial charge >= 0.3 is 5.97 Å². The van der Waals surface area contributed by atoms with Gasteiger partial charge in [-0.1, -0.05) is 12.1 Å². The van der Waals surface area contributed by atoms with Crippen LogP contribution in [0.15, 0.2) is 85.2 Å². The standard InChI is InChI=1S/C28H27N5O4S2/c1-18-16-21(12-13-22(18)31-39(3,35)36)33-26(25(30-28(33)38)23-10-4-5-14-29-23)24-11-7-15-32(24)20-9-6-8-19(17-20)27(34)37-2/h4-17,25-26,31H,1-3H3,(H,30,38). The predicted octanol–water partition coefficient (Wildman–Crippen LogP) is 4.52. The number of ether oxygens (including phenoxy) is 1. The van der Waals surface area contributed by atoms with Gasteiger partial charge in [0.15, 0.2) is 5.11 Å². The van der Waals surface area contributed by atoms with Gasteiger partial charge in [0.1, 0.15) is 6.04 Å². The summed E-state index contributed by atoms with van der Waals surface area (Å²) in [6.07, 6.45) is 4.80. The normalized spacial score (nSPS) is 17.1. The Morgan fingerprint density at radius 3 is 2.56 bits per heavy atom. The maximum atomic E-state index is 12.2. The molecule has 3 heterocycles. The van der Waals surface area contributed by atoms with E-state index in [9.17, 15) is 13.2 Å². The van der Waals surface area contributed by atoms with Gasteiger partial charge in [-0.05, 0) is 85.4 Å². The van der Waals surface area contributed by atoms with Crippen molar-refractivity contribution in [3.8, 4) is 5.69 Å². The molecule has 1 aliphatic rings. The van der Waals surface area contributed by atoms with Crippen molar-refractivity contribution in [3.63, 3.8) is 0 Å². The molecule has 0 spiro atoms. The number of hydrogen-bond donors (Lipinski definition) is 2. The molecule has 1 fully saturated rings. The van der Waals surface area contributed by atoms with Crippen LogP contribution in [0.5, 0.6) is 0 Å². The molecule has 11 heteroatoms. The summed E-state index contributed by atoms with van der Waals surface area (Å²) in [5.41, 5.74) is 5.01. The molecule has 5 rings (SSSR count). The number of rotatable bonds is 7. The number of hydrogen-bond acceptors (Lipinski definition) is 6. The van der Waals surface area contributed by atoms with Crippen LogP contribution in [0, 0.1) is 6.92 Å². The third-order valence-electron chi connectivity index (χ3n) is 6.51. The number of carbonyl (C=O) groups excluding carboxylic acids is 1. The number of esters is 1. The fourth-order valence-corrected chi connectivity index (χ4v) is 5.79. The van der Waals surface area contributed by atoms with E-state index >= 15 is 0 Å². The van der Waals surface area contributed by atoms with Gasteiger partial charge in [-0.25, -0.2) is 13.2 Å². The Morgan fingerprint density at radius 1 is 1.05 bits per heavy atom. The van der Waals surface area contributed by atoms with E-state index in [1.54, 1.807) is 24.4 Å². The molecule has 0 radical (unpaired) electrons. The molecule has 0 aliphatic carbocycles. The van der Waals surface area contributed by atoms with E-state index in [0.717, 1.165) is 34.6 Å². The van der Waals surface area contributed by atoms with Crippen LogP contribution in [0.2, 0.25) is 0 Å². The number of benzene rings is 2. The van der Waals surface area contributed by atoms with E-state index in [0.29, 0.717) is 16.4 Å². The molecule has 0 saturated carbocycles. The molecule has 1 aliphatic heterocycles. The van der Waals surface area contributed by atoms with E-state index in [4.69, 9.17) is 17.0 Å². The van der Waals surface area contributed by atoms with Crippen LogP contribution >= 0.6 is 12.2 Å². The number of aromatic nitrogens is 2. The topological polar surface area (TPSA) is 106 Å². The monoisotopic (exact) mass is 561 g/mol. The van der Waals surface area contributed by atoms with Crippen molar-refractivity contribution < 1.29 is 17.9 Å². The first kappa shape index (κ1) is 26.4. The molecule has 200 valence electrons. The average Bonchev–Trinajstić information content (AvgIpc) is 3.53. The summed E-state index contributed by atoms with van der Waals surface area (Å²) in [6, 6.07) is 21.8. The Labute approximate surface area is 232 Å². The van der Waals surface area contributed by atoms with Gasteiger partial charge in [-0.3, -0.25) is 9.71 Å². The summed E-state index contributed by atoms with van der Waals surface area (Å²) in [5.74, 6) is -0.416. The molecule has 2 atom stereocenters. The minimum Gasteiger partial charge on any atom is -0.465 e. The first-order valence-corrected chi connectivity index (χ1v) is 14.4. The lowest BCUT2D eigenvalue weighted by Gasteiger charge is -2.29. The number of aryl methyl sites for hydroxylation is 1. The largest absolute Gasteiger partial charge is 0.465 e. The van der Waals surface area contributed by atoms with Crippen molar-refractivity contribution in [2.24, 2.45) is 0 Å². The van der Waals surface area contributed by atoms with Crippen molar-refractivity contribution in [3.05, 3.63) is 108 Å². The first-order chi connectivity index (χ1) is 18.7. The van der Waals surface area contributed by atoms with Gasteiger partial charge in [-0.15, -0.1) is 0 Å². The third-order valence-corrected chi connectivity index (χ3v) is 7.42. The molecule has 9 nitrogen and oxygen atoms in total. The zero-order valence-electron chi connectivity index (χ0n) is 21.5. The van der Waals surface area contributed by atoms with E-state index < -0.39 is 16.0 Å². The highest BCUT2D eigenvalue weighted by Gasteiger charge is 2.42. The molecule has 2 unspecified atom stereocenters. The minimum absolute atomic E-state index is 0.287.